The van der Waals surface area contributed by atoms with E-state index in [1.807, 2.05) is 12.1 Å². The van der Waals surface area contributed by atoms with E-state index in [2.05, 4.69) is 13.8 Å². The van der Waals surface area contributed by atoms with Crippen molar-refractivity contribution in [2.75, 3.05) is 14.2 Å². The Morgan fingerprint density at radius 3 is 1.44 bits per heavy atom. The van der Waals surface area contributed by atoms with Crippen LogP contribution < -0.4 is 9.47 Å². The van der Waals surface area contributed by atoms with Crippen LogP contribution in [0.5, 0.6) is 11.5 Å². The number of benzene rings is 1. The SMILES string of the molecule is CCCCc1c(OC)ccc(OC)c1CCCC. The van der Waals surface area contributed by atoms with E-state index < -0.39 is 0 Å². The molecule has 0 bridgehead atoms. The molecule has 0 aliphatic heterocycles. The first-order chi connectivity index (χ1) is 8.78. The average molecular weight is 250 g/mol. The molecule has 1 aromatic rings. The quantitative estimate of drug-likeness (QED) is 0.681. The van der Waals surface area contributed by atoms with Gasteiger partial charge < -0.3 is 9.47 Å². The van der Waals surface area contributed by atoms with Crippen molar-refractivity contribution in [1.29, 1.82) is 0 Å². The van der Waals surface area contributed by atoms with Crippen LogP contribution in [0.2, 0.25) is 0 Å². The molecule has 0 saturated carbocycles. The first kappa shape index (κ1) is 14.9. The number of hydrogen-bond acceptors (Lipinski definition) is 2. The van der Waals surface area contributed by atoms with E-state index in [9.17, 15) is 0 Å². The van der Waals surface area contributed by atoms with Crippen LogP contribution in [0.1, 0.15) is 50.7 Å². The van der Waals surface area contributed by atoms with Crippen LogP contribution in [-0.4, -0.2) is 14.2 Å². The molecule has 0 amide bonds. The lowest BCUT2D eigenvalue weighted by molar-refractivity contribution is 0.393. The van der Waals surface area contributed by atoms with Crippen molar-refractivity contribution in [3.63, 3.8) is 0 Å². The number of unbranched alkanes of at least 4 members (excludes halogenated alkanes) is 2. The van der Waals surface area contributed by atoms with Crippen LogP contribution in [0.4, 0.5) is 0 Å². The normalized spacial score (nSPS) is 10.4. The average Bonchev–Trinajstić information content (AvgIpc) is 2.42. The van der Waals surface area contributed by atoms with Crippen LogP contribution in [0, 0.1) is 0 Å². The van der Waals surface area contributed by atoms with E-state index in [-0.39, 0.29) is 0 Å². The molecule has 2 heteroatoms. The topological polar surface area (TPSA) is 18.5 Å². The van der Waals surface area contributed by atoms with Crippen molar-refractivity contribution in [3.05, 3.63) is 23.3 Å². The fraction of sp³-hybridized carbons (Fsp3) is 0.625. The third-order valence-electron chi connectivity index (χ3n) is 3.35. The van der Waals surface area contributed by atoms with Gasteiger partial charge in [0.1, 0.15) is 11.5 Å². The van der Waals surface area contributed by atoms with Gasteiger partial charge in [0.15, 0.2) is 0 Å². The minimum absolute atomic E-state index is 1.01. The summed E-state index contributed by atoms with van der Waals surface area (Å²) in [6, 6.07) is 4.05. The summed E-state index contributed by atoms with van der Waals surface area (Å²) in [5, 5.41) is 0. The minimum atomic E-state index is 1.01. The highest BCUT2D eigenvalue weighted by atomic mass is 16.5. The molecule has 0 unspecified atom stereocenters. The summed E-state index contributed by atoms with van der Waals surface area (Å²) < 4.78 is 11.0. The Morgan fingerprint density at radius 1 is 0.778 bits per heavy atom. The summed E-state index contributed by atoms with van der Waals surface area (Å²) in [6.45, 7) is 4.44. The monoisotopic (exact) mass is 250 g/mol. The van der Waals surface area contributed by atoms with Crippen molar-refractivity contribution in [1.82, 2.24) is 0 Å². The van der Waals surface area contributed by atoms with Gasteiger partial charge in [-0.15, -0.1) is 0 Å². The molecule has 0 radical (unpaired) electrons. The summed E-state index contributed by atoms with van der Waals surface area (Å²) in [7, 11) is 3.50. The molecule has 0 aliphatic carbocycles. The Hall–Kier alpha value is -1.18. The second kappa shape index (κ2) is 8.02. The molecule has 0 saturated heterocycles. The third kappa shape index (κ3) is 3.66. The molecular formula is C16H26O2. The maximum Gasteiger partial charge on any atom is 0.122 e. The molecule has 0 fully saturated rings. The van der Waals surface area contributed by atoms with E-state index in [1.165, 1.54) is 36.8 Å². The van der Waals surface area contributed by atoms with E-state index in [0.717, 1.165) is 24.3 Å². The summed E-state index contributed by atoms with van der Waals surface area (Å²) >= 11 is 0. The Balaban J connectivity index is 3.10. The summed E-state index contributed by atoms with van der Waals surface area (Å²) in [5.41, 5.74) is 2.68. The van der Waals surface area contributed by atoms with Crippen molar-refractivity contribution in [2.24, 2.45) is 0 Å². The standard InChI is InChI=1S/C16H26O2/c1-5-7-9-13-14(10-8-6-2)16(18-4)12-11-15(13)17-3/h11-12H,5-10H2,1-4H3. The first-order valence-corrected chi connectivity index (χ1v) is 7.01. The van der Waals surface area contributed by atoms with E-state index in [0.29, 0.717) is 0 Å². The summed E-state index contributed by atoms with van der Waals surface area (Å²) in [4.78, 5) is 0. The van der Waals surface area contributed by atoms with Crippen LogP contribution in [0.15, 0.2) is 12.1 Å². The number of ether oxygens (including phenoxy) is 2. The lowest BCUT2D eigenvalue weighted by Crippen LogP contribution is -2.02. The summed E-state index contributed by atoms with van der Waals surface area (Å²) in [6.07, 6.45) is 6.96. The van der Waals surface area contributed by atoms with Gasteiger partial charge in [-0.3, -0.25) is 0 Å². The Morgan fingerprint density at radius 2 is 1.17 bits per heavy atom. The highest BCUT2D eigenvalue weighted by Gasteiger charge is 2.13. The molecule has 2 nitrogen and oxygen atoms in total. The predicted octanol–water partition coefficient (Wildman–Crippen LogP) is 4.39. The van der Waals surface area contributed by atoms with Gasteiger partial charge in [0.05, 0.1) is 14.2 Å². The number of hydrogen-bond donors (Lipinski definition) is 0. The Bertz CT molecular complexity index is 323. The molecule has 0 aliphatic rings. The molecule has 1 rings (SSSR count). The lowest BCUT2D eigenvalue weighted by atomic mass is 9.96. The van der Waals surface area contributed by atoms with Gasteiger partial charge in [0, 0.05) is 11.1 Å². The summed E-state index contributed by atoms with van der Waals surface area (Å²) in [5.74, 6) is 2.02. The van der Waals surface area contributed by atoms with Crippen LogP contribution in [0.25, 0.3) is 0 Å². The van der Waals surface area contributed by atoms with Gasteiger partial charge in [0.25, 0.3) is 0 Å². The maximum atomic E-state index is 5.51. The van der Waals surface area contributed by atoms with Crippen LogP contribution in [-0.2, 0) is 12.8 Å². The van der Waals surface area contributed by atoms with Gasteiger partial charge in [-0.2, -0.15) is 0 Å². The molecule has 0 aromatic heterocycles. The van der Waals surface area contributed by atoms with Gasteiger partial charge in [-0.1, -0.05) is 26.7 Å². The van der Waals surface area contributed by atoms with E-state index >= 15 is 0 Å². The molecule has 1 aromatic carbocycles. The van der Waals surface area contributed by atoms with Crippen LogP contribution >= 0.6 is 0 Å². The smallest absolute Gasteiger partial charge is 0.122 e. The Kier molecular flexibility index (Phi) is 6.63. The second-order valence-electron chi connectivity index (χ2n) is 4.63. The van der Waals surface area contributed by atoms with Gasteiger partial charge in [0.2, 0.25) is 0 Å². The lowest BCUT2D eigenvalue weighted by Gasteiger charge is -2.17. The van der Waals surface area contributed by atoms with Crippen LogP contribution in [0.3, 0.4) is 0 Å². The molecule has 102 valence electrons. The zero-order valence-corrected chi connectivity index (χ0v) is 12.2. The molecule has 0 atom stereocenters. The van der Waals surface area contributed by atoms with Crippen molar-refractivity contribution >= 4 is 0 Å². The second-order valence-corrected chi connectivity index (χ2v) is 4.63. The first-order valence-electron chi connectivity index (χ1n) is 7.01. The third-order valence-corrected chi connectivity index (χ3v) is 3.35. The van der Waals surface area contributed by atoms with Crippen molar-refractivity contribution in [2.45, 2.75) is 52.4 Å². The highest BCUT2D eigenvalue weighted by Crippen LogP contribution is 2.32. The zero-order chi connectivity index (χ0) is 13.4. The van der Waals surface area contributed by atoms with Gasteiger partial charge >= 0.3 is 0 Å². The zero-order valence-electron chi connectivity index (χ0n) is 12.2. The maximum absolute atomic E-state index is 5.51. The van der Waals surface area contributed by atoms with Gasteiger partial charge in [-0.25, -0.2) is 0 Å². The van der Waals surface area contributed by atoms with E-state index in [4.69, 9.17) is 9.47 Å². The van der Waals surface area contributed by atoms with Gasteiger partial charge in [-0.05, 0) is 37.8 Å². The molecule has 18 heavy (non-hydrogen) atoms. The highest BCUT2D eigenvalue weighted by molar-refractivity contribution is 5.49. The fourth-order valence-corrected chi connectivity index (χ4v) is 2.29. The van der Waals surface area contributed by atoms with E-state index in [1.54, 1.807) is 14.2 Å². The van der Waals surface area contributed by atoms with Crippen molar-refractivity contribution < 1.29 is 9.47 Å². The largest absolute Gasteiger partial charge is 0.496 e. The molecule has 0 heterocycles. The molecular weight excluding hydrogens is 224 g/mol. The number of methoxy groups -OCH3 is 2. The minimum Gasteiger partial charge on any atom is -0.496 e. The number of rotatable bonds is 8. The fourth-order valence-electron chi connectivity index (χ4n) is 2.29. The molecule has 0 spiro atoms. The molecule has 0 N–H and O–H groups in total. The van der Waals surface area contributed by atoms with Crippen molar-refractivity contribution in [3.8, 4) is 11.5 Å². The predicted molar refractivity (Wildman–Crippen MR) is 76.8 cm³/mol. The Labute approximate surface area is 111 Å².